The average molecular weight is 208 g/mol. The maximum Gasteiger partial charge on any atom is 0.0921 e. The second-order valence-electron chi connectivity index (χ2n) is 6.69. The topological polar surface area (TPSA) is 28.7 Å². The number of nitrogens with zero attached hydrogens (tertiary/aromatic N) is 1. The van der Waals surface area contributed by atoms with Gasteiger partial charge in [0.1, 0.15) is 0 Å². The summed E-state index contributed by atoms with van der Waals surface area (Å²) in [6, 6.07) is 0. The summed E-state index contributed by atoms with van der Waals surface area (Å²) in [5.74, 6) is 0.542. The fourth-order valence-corrected chi connectivity index (χ4v) is 1.95. The van der Waals surface area contributed by atoms with Gasteiger partial charge in [-0.2, -0.15) is 0 Å². The molecule has 1 aromatic heterocycles. The van der Waals surface area contributed by atoms with Gasteiger partial charge in [-0.1, -0.05) is 41.5 Å². The number of imidazole rings is 1. The van der Waals surface area contributed by atoms with Gasteiger partial charge in [0.05, 0.1) is 6.33 Å². The third kappa shape index (κ3) is 3.69. The zero-order chi connectivity index (χ0) is 11.7. The predicted octanol–water partition coefficient (Wildman–Crippen LogP) is 3.98. The monoisotopic (exact) mass is 208 g/mol. The Balaban J connectivity index is 2.90. The molecular weight excluding hydrogens is 184 g/mol. The first-order chi connectivity index (χ1) is 6.70. The van der Waals surface area contributed by atoms with Crippen LogP contribution in [0.25, 0.3) is 0 Å². The molecular formula is C13H24N2. The van der Waals surface area contributed by atoms with Gasteiger partial charge in [0.2, 0.25) is 0 Å². The SMILES string of the molecule is CC(C)(C)CC(c1cnc[nH]1)C(C)(C)C. The van der Waals surface area contributed by atoms with Crippen LogP contribution in [-0.4, -0.2) is 9.97 Å². The van der Waals surface area contributed by atoms with Gasteiger partial charge in [-0.15, -0.1) is 0 Å². The molecule has 1 atom stereocenters. The van der Waals surface area contributed by atoms with E-state index in [2.05, 4.69) is 51.5 Å². The second-order valence-corrected chi connectivity index (χ2v) is 6.69. The molecule has 1 rings (SSSR count). The van der Waals surface area contributed by atoms with Crippen molar-refractivity contribution in [2.24, 2.45) is 10.8 Å². The van der Waals surface area contributed by atoms with E-state index >= 15 is 0 Å². The lowest BCUT2D eigenvalue weighted by Gasteiger charge is -2.34. The third-order valence-electron chi connectivity index (χ3n) is 2.76. The van der Waals surface area contributed by atoms with E-state index in [4.69, 9.17) is 0 Å². The predicted molar refractivity (Wildman–Crippen MR) is 64.9 cm³/mol. The number of rotatable bonds is 2. The quantitative estimate of drug-likeness (QED) is 0.782. The summed E-state index contributed by atoms with van der Waals surface area (Å²) in [6.07, 6.45) is 4.91. The summed E-state index contributed by atoms with van der Waals surface area (Å²) in [5, 5.41) is 0. The zero-order valence-electron chi connectivity index (χ0n) is 10.9. The minimum absolute atomic E-state index is 0.278. The molecule has 1 heterocycles. The van der Waals surface area contributed by atoms with Crippen LogP contribution in [0.15, 0.2) is 12.5 Å². The molecule has 2 nitrogen and oxygen atoms in total. The first-order valence-electron chi connectivity index (χ1n) is 5.68. The summed E-state index contributed by atoms with van der Waals surface area (Å²) in [6.45, 7) is 13.8. The van der Waals surface area contributed by atoms with E-state index in [9.17, 15) is 0 Å². The first-order valence-corrected chi connectivity index (χ1v) is 5.68. The van der Waals surface area contributed by atoms with Gasteiger partial charge < -0.3 is 4.98 Å². The molecule has 0 saturated heterocycles. The van der Waals surface area contributed by atoms with E-state index < -0.39 is 0 Å². The Labute approximate surface area is 93.5 Å². The molecule has 15 heavy (non-hydrogen) atoms. The number of nitrogens with one attached hydrogen (secondary N) is 1. The standard InChI is InChI=1S/C13H24N2/c1-12(2,3)7-10(13(4,5)6)11-8-14-9-15-11/h8-10H,7H2,1-6H3,(H,14,15). The normalized spacial score (nSPS) is 15.3. The van der Waals surface area contributed by atoms with Gasteiger partial charge >= 0.3 is 0 Å². The molecule has 0 aromatic carbocycles. The highest BCUT2D eigenvalue weighted by atomic mass is 14.9. The van der Waals surface area contributed by atoms with Gasteiger partial charge in [0, 0.05) is 17.8 Å². The van der Waals surface area contributed by atoms with Crippen LogP contribution in [0.4, 0.5) is 0 Å². The molecule has 2 heteroatoms. The Hall–Kier alpha value is -0.790. The van der Waals surface area contributed by atoms with Crippen LogP contribution in [0.2, 0.25) is 0 Å². The molecule has 0 saturated carbocycles. The highest BCUT2D eigenvalue weighted by Crippen LogP contribution is 2.41. The number of aromatic nitrogens is 2. The summed E-state index contributed by atoms with van der Waals surface area (Å²) in [5.41, 5.74) is 1.89. The Morgan fingerprint density at radius 2 is 1.80 bits per heavy atom. The smallest absolute Gasteiger partial charge is 0.0921 e. The summed E-state index contributed by atoms with van der Waals surface area (Å²) < 4.78 is 0. The Kier molecular flexibility index (Phi) is 3.27. The fraction of sp³-hybridized carbons (Fsp3) is 0.769. The van der Waals surface area contributed by atoms with Crippen molar-refractivity contribution >= 4 is 0 Å². The molecule has 1 aromatic rings. The van der Waals surface area contributed by atoms with Crippen molar-refractivity contribution in [2.45, 2.75) is 53.9 Å². The molecule has 1 N–H and O–H groups in total. The lowest BCUT2D eigenvalue weighted by Crippen LogP contribution is -2.24. The fourth-order valence-electron chi connectivity index (χ4n) is 1.95. The molecule has 0 aliphatic carbocycles. The van der Waals surface area contributed by atoms with Crippen LogP contribution in [0, 0.1) is 10.8 Å². The van der Waals surface area contributed by atoms with Crippen LogP contribution in [0.1, 0.15) is 59.6 Å². The van der Waals surface area contributed by atoms with E-state index in [0.717, 1.165) is 0 Å². The number of hydrogen-bond acceptors (Lipinski definition) is 1. The maximum absolute atomic E-state index is 4.13. The van der Waals surface area contributed by atoms with Crippen LogP contribution in [0.3, 0.4) is 0 Å². The van der Waals surface area contributed by atoms with Crippen molar-refractivity contribution in [1.82, 2.24) is 9.97 Å². The molecule has 86 valence electrons. The minimum Gasteiger partial charge on any atom is -0.348 e. The van der Waals surface area contributed by atoms with Crippen molar-refractivity contribution in [3.63, 3.8) is 0 Å². The third-order valence-corrected chi connectivity index (χ3v) is 2.76. The molecule has 1 unspecified atom stereocenters. The van der Waals surface area contributed by atoms with Gasteiger partial charge in [0.25, 0.3) is 0 Å². The van der Waals surface area contributed by atoms with Crippen LogP contribution < -0.4 is 0 Å². The number of aromatic amines is 1. The van der Waals surface area contributed by atoms with Crippen molar-refractivity contribution in [3.05, 3.63) is 18.2 Å². The summed E-state index contributed by atoms with van der Waals surface area (Å²) >= 11 is 0. The largest absolute Gasteiger partial charge is 0.348 e. The van der Waals surface area contributed by atoms with Gasteiger partial charge in [0.15, 0.2) is 0 Å². The number of H-pyrrole nitrogens is 1. The van der Waals surface area contributed by atoms with Crippen molar-refractivity contribution < 1.29 is 0 Å². The molecule has 0 spiro atoms. The minimum atomic E-state index is 0.278. The number of hydrogen-bond donors (Lipinski definition) is 1. The first kappa shape index (κ1) is 12.3. The molecule has 0 bridgehead atoms. The summed E-state index contributed by atoms with van der Waals surface area (Å²) in [7, 11) is 0. The molecule has 0 amide bonds. The molecule has 0 aliphatic rings. The van der Waals surface area contributed by atoms with Crippen LogP contribution in [-0.2, 0) is 0 Å². The van der Waals surface area contributed by atoms with Crippen molar-refractivity contribution in [3.8, 4) is 0 Å². The van der Waals surface area contributed by atoms with E-state index in [1.165, 1.54) is 12.1 Å². The van der Waals surface area contributed by atoms with Crippen molar-refractivity contribution in [1.29, 1.82) is 0 Å². The highest BCUT2D eigenvalue weighted by Gasteiger charge is 2.31. The van der Waals surface area contributed by atoms with E-state index in [1.807, 2.05) is 6.20 Å². The zero-order valence-corrected chi connectivity index (χ0v) is 10.9. The lowest BCUT2D eigenvalue weighted by molar-refractivity contribution is 0.226. The Morgan fingerprint density at radius 1 is 1.20 bits per heavy atom. The van der Waals surface area contributed by atoms with E-state index in [-0.39, 0.29) is 5.41 Å². The molecule has 0 radical (unpaired) electrons. The molecule has 0 fully saturated rings. The lowest BCUT2D eigenvalue weighted by atomic mass is 9.71. The van der Waals surface area contributed by atoms with Gasteiger partial charge in [-0.3, -0.25) is 0 Å². The van der Waals surface area contributed by atoms with Gasteiger partial charge in [-0.25, -0.2) is 4.98 Å². The maximum atomic E-state index is 4.13. The van der Waals surface area contributed by atoms with Gasteiger partial charge in [-0.05, 0) is 17.3 Å². The average Bonchev–Trinajstić information content (AvgIpc) is 2.47. The Morgan fingerprint density at radius 3 is 2.13 bits per heavy atom. The Bertz CT molecular complexity index is 285. The molecule has 0 aliphatic heterocycles. The van der Waals surface area contributed by atoms with Crippen LogP contribution >= 0.6 is 0 Å². The van der Waals surface area contributed by atoms with Crippen molar-refractivity contribution in [2.75, 3.05) is 0 Å². The second kappa shape index (κ2) is 3.99. The van der Waals surface area contributed by atoms with E-state index in [0.29, 0.717) is 11.3 Å². The summed E-state index contributed by atoms with van der Waals surface area (Å²) in [4.78, 5) is 7.39. The van der Waals surface area contributed by atoms with Crippen LogP contribution in [0.5, 0.6) is 0 Å². The highest BCUT2D eigenvalue weighted by molar-refractivity contribution is 5.08. The van der Waals surface area contributed by atoms with E-state index in [1.54, 1.807) is 6.33 Å².